The molecule has 1 amide bonds. The van der Waals surface area contributed by atoms with E-state index in [-0.39, 0.29) is 0 Å². The molecule has 0 unspecified atom stereocenters. The molecule has 8 nitrogen and oxygen atoms in total. The van der Waals surface area contributed by atoms with Gasteiger partial charge in [-0.1, -0.05) is 62.9 Å². The zero-order valence-corrected chi connectivity index (χ0v) is 17.8. The van der Waals surface area contributed by atoms with E-state index in [1.54, 1.807) is 0 Å². The highest BCUT2D eigenvalue weighted by Gasteiger charge is 2.42. The molecular weight excluding hydrogens is 394 g/mol. The molecule has 1 aromatic rings. The van der Waals surface area contributed by atoms with Crippen molar-refractivity contribution in [2.24, 2.45) is 10.5 Å². The van der Waals surface area contributed by atoms with Gasteiger partial charge in [-0.25, -0.2) is 9.80 Å². The third kappa shape index (κ3) is 6.04. The van der Waals surface area contributed by atoms with Crippen LogP contribution in [0.15, 0.2) is 35.4 Å². The molecule has 1 aliphatic heterocycles. The predicted molar refractivity (Wildman–Crippen MR) is 112 cm³/mol. The normalized spacial score (nSPS) is 18.8. The Morgan fingerprint density at radius 1 is 1.21 bits per heavy atom. The number of aliphatic carboxylic acids is 2. The molecule has 2 rings (SSSR count). The van der Waals surface area contributed by atoms with Gasteiger partial charge >= 0.3 is 11.9 Å². The van der Waals surface area contributed by atoms with Crippen molar-refractivity contribution in [3.63, 3.8) is 0 Å². The summed E-state index contributed by atoms with van der Waals surface area (Å²) in [6, 6.07) is 7.62. The first-order valence-corrected chi connectivity index (χ1v) is 10.2. The third-order valence-corrected chi connectivity index (χ3v) is 5.95. The van der Waals surface area contributed by atoms with Gasteiger partial charge in [-0.05, 0) is 25.3 Å². The van der Waals surface area contributed by atoms with Gasteiger partial charge in [0.05, 0.1) is 6.04 Å². The lowest BCUT2D eigenvalue weighted by molar-refractivity contribution is -0.147. The predicted octanol–water partition coefficient (Wildman–Crippen LogP) is 2.40. The molecule has 0 saturated heterocycles. The third-order valence-electron chi connectivity index (χ3n) is 4.41. The van der Waals surface area contributed by atoms with Crippen molar-refractivity contribution in [1.82, 2.24) is 10.3 Å². The molecule has 1 aromatic carbocycles. The zero-order chi connectivity index (χ0) is 21.8. The van der Waals surface area contributed by atoms with Gasteiger partial charge in [-0.3, -0.25) is 14.9 Å². The molecule has 0 aromatic heterocycles. The number of carboxylic acids is 2. The smallest absolute Gasteiger partial charge is 0.339 e. The van der Waals surface area contributed by atoms with E-state index in [0.717, 1.165) is 22.3 Å². The lowest BCUT2D eigenvalue weighted by Gasteiger charge is -2.24. The van der Waals surface area contributed by atoms with Crippen LogP contribution >= 0.6 is 11.8 Å². The maximum absolute atomic E-state index is 12.9. The van der Waals surface area contributed by atoms with Gasteiger partial charge in [-0.15, -0.1) is 0 Å². The molecule has 29 heavy (non-hydrogen) atoms. The highest BCUT2D eigenvalue weighted by Crippen LogP contribution is 2.35. The number of hydrazone groups is 1. The Morgan fingerprint density at radius 3 is 2.34 bits per heavy atom. The molecule has 158 valence electrons. The van der Waals surface area contributed by atoms with Crippen molar-refractivity contribution in [3.05, 3.63) is 35.9 Å². The zero-order valence-electron chi connectivity index (χ0n) is 17.0. The van der Waals surface area contributed by atoms with Crippen LogP contribution in [0.1, 0.15) is 39.7 Å². The number of nitrogens with zero attached hydrogens (tertiary/aromatic N) is 2. The number of carbonyl (C=O) groups excluding carboxylic acids is 1. The number of benzene rings is 1. The van der Waals surface area contributed by atoms with Crippen molar-refractivity contribution in [2.45, 2.75) is 58.0 Å². The fourth-order valence-corrected chi connectivity index (χ4v) is 3.83. The van der Waals surface area contributed by atoms with E-state index in [9.17, 15) is 24.6 Å². The molecular formula is C20H27N3O5S. The molecule has 0 fully saturated rings. The number of amides is 1. The van der Waals surface area contributed by atoms with Crippen LogP contribution in [0.2, 0.25) is 0 Å². The molecule has 1 aliphatic rings. The number of carbonyl (C=O) groups is 3. The summed E-state index contributed by atoms with van der Waals surface area (Å²) in [5, 5.41) is 26.4. The molecule has 0 radical (unpaired) electrons. The van der Waals surface area contributed by atoms with E-state index in [1.165, 1.54) is 6.92 Å². The van der Waals surface area contributed by atoms with Gasteiger partial charge in [0.15, 0.2) is 0 Å². The maximum Gasteiger partial charge on any atom is 0.339 e. The molecule has 3 atom stereocenters. The van der Waals surface area contributed by atoms with E-state index >= 15 is 0 Å². The standard InChI is InChI=1S/C20H27N3O5S/c1-12(21-14(17(25)26)11-10-13-8-6-5-7-9-13)15(24)23-16(18(27)28)29-19(22-23)20(2,3)4/h5-9,12,14,16,21H,10-11H2,1-4H3,(H,25,26)(H,27,28)/t12-,14-,16-/m0/s1. The Kier molecular flexibility index (Phi) is 7.43. The van der Waals surface area contributed by atoms with Gasteiger partial charge in [0.25, 0.3) is 5.91 Å². The largest absolute Gasteiger partial charge is 0.480 e. The Bertz CT molecular complexity index is 791. The summed E-state index contributed by atoms with van der Waals surface area (Å²) in [7, 11) is 0. The number of carboxylic acid groups (broad SMARTS) is 2. The van der Waals surface area contributed by atoms with Crippen molar-refractivity contribution in [2.75, 3.05) is 0 Å². The highest BCUT2D eigenvalue weighted by molar-refractivity contribution is 8.15. The first-order valence-electron chi connectivity index (χ1n) is 9.35. The lowest BCUT2D eigenvalue weighted by atomic mass is 9.99. The summed E-state index contributed by atoms with van der Waals surface area (Å²) in [4.78, 5) is 36.1. The quantitative estimate of drug-likeness (QED) is 0.589. The minimum Gasteiger partial charge on any atom is -0.480 e. The van der Waals surface area contributed by atoms with Gasteiger partial charge in [-0.2, -0.15) is 5.10 Å². The van der Waals surface area contributed by atoms with Crippen LogP contribution in [-0.2, 0) is 20.8 Å². The minimum absolute atomic E-state index is 0.296. The second-order valence-corrected chi connectivity index (χ2v) is 9.02. The Balaban J connectivity index is 2.08. The van der Waals surface area contributed by atoms with Crippen molar-refractivity contribution >= 4 is 34.7 Å². The van der Waals surface area contributed by atoms with Crippen LogP contribution < -0.4 is 5.32 Å². The molecule has 0 aliphatic carbocycles. The number of rotatable bonds is 8. The molecule has 3 N–H and O–H groups in total. The fourth-order valence-electron chi connectivity index (χ4n) is 2.78. The van der Waals surface area contributed by atoms with Gasteiger partial charge in [0.2, 0.25) is 5.37 Å². The van der Waals surface area contributed by atoms with E-state index < -0.39 is 40.7 Å². The average molecular weight is 422 g/mol. The summed E-state index contributed by atoms with van der Waals surface area (Å²) >= 11 is 1.02. The van der Waals surface area contributed by atoms with E-state index in [2.05, 4.69) is 10.4 Å². The Hall–Kier alpha value is -2.39. The first kappa shape index (κ1) is 22.9. The van der Waals surface area contributed by atoms with Crippen molar-refractivity contribution in [1.29, 1.82) is 0 Å². The summed E-state index contributed by atoms with van der Waals surface area (Å²) in [6.07, 6.45) is 0.833. The molecule has 1 heterocycles. The molecule has 0 bridgehead atoms. The monoisotopic (exact) mass is 421 g/mol. The van der Waals surface area contributed by atoms with Gasteiger partial charge < -0.3 is 10.2 Å². The first-order chi connectivity index (χ1) is 13.5. The summed E-state index contributed by atoms with van der Waals surface area (Å²) in [5.74, 6) is -2.81. The maximum atomic E-state index is 12.9. The van der Waals surface area contributed by atoms with Crippen LogP contribution in [0.25, 0.3) is 0 Å². The van der Waals surface area contributed by atoms with Crippen molar-refractivity contribution < 1.29 is 24.6 Å². The number of nitrogens with one attached hydrogen (secondary N) is 1. The SMILES string of the molecule is C[C@H](N[C@@H](CCc1ccccc1)C(=O)O)C(=O)N1N=C(C(C)(C)C)S[C@H]1C(=O)O. The van der Waals surface area contributed by atoms with E-state index in [4.69, 9.17) is 0 Å². The van der Waals surface area contributed by atoms with Crippen LogP contribution in [0.4, 0.5) is 0 Å². The van der Waals surface area contributed by atoms with E-state index in [1.807, 2.05) is 51.1 Å². The minimum atomic E-state index is -1.17. The van der Waals surface area contributed by atoms with Gasteiger partial charge in [0, 0.05) is 5.41 Å². The van der Waals surface area contributed by atoms with Crippen LogP contribution in [0.5, 0.6) is 0 Å². The summed E-state index contributed by atoms with van der Waals surface area (Å²) < 4.78 is 0. The summed E-state index contributed by atoms with van der Waals surface area (Å²) in [5.41, 5.74) is 0.601. The van der Waals surface area contributed by atoms with Gasteiger partial charge in [0.1, 0.15) is 11.1 Å². The average Bonchev–Trinajstić information content (AvgIpc) is 3.11. The van der Waals surface area contributed by atoms with Crippen LogP contribution in [0.3, 0.4) is 0 Å². The highest BCUT2D eigenvalue weighted by atomic mass is 32.2. The second kappa shape index (κ2) is 9.41. The van der Waals surface area contributed by atoms with Crippen LogP contribution in [0, 0.1) is 5.41 Å². The summed E-state index contributed by atoms with van der Waals surface area (Å²) in [6.45, 7) is 7.18. The lowest BCUT2D eigenvalue weighted by Crippen LogP contribution is -2.51. The topological polar surface area (TPSA) is 119 Å². The molecule has 9 heteroatoms. The number of hydrogen-bond acceptors (Lipinski definition) is 6. The Morgan fingerprint density at radius 2 is 1.83 bits per heavy atom. The molecule has 0 saturated carbocycles. The second-order valence-electron chi connectivity index (χ2n) is 7.95. The number of aryl methyl sites for hydroxylation is 1. The van der Waals surface area contributed by atoms with Crippen LogP contribution in [-0.4, -0.2) is 55.6 Å². The number of thioether (sulfide) groups is 1. The fraction of sp³-hybridized carbons (Fsp3) is 0.500. The Labute approximate surface area is 174 Å². The number of hydrogen-bond donors (Lipinski definition) is 3. The van der Waals surface area contributed by atoms with Crippen molar-refractivity contribution in [3.8, 4) is 0 Å². The van der Waals surface area contributed by atoms with E-state index in [0.29, 0.717) is 17.9 Å². The molecule has 0 spiro atoms.